The molecule has 1 aliphatic heterocycles. The summed E-state index contributed by atoms with van der Waals surface area (Å²) in [5.41, 5.74) is 0. The maximum absolute atomic E-state index is 13.1. The molecule has 2 fully saturated rings. The van der Waals surface area contributed by atoms with E-state index < -0.39 is 24.6 Å². The molecule has 1 aliphatic carbocycles. The second kappa shape index (κ2) is 5.58. The average Bonchev–Trinajstić information content (AvgIpc) is 2.30. The van der Waals surface area contributed by atoms with Crippen molar-refractivity contribution in [3.05, 3.63) is 0 Å². The topological polar surface area (TPSA) is 73.8 Å². The van der Waals surface area contributed by atoms with Gasteiger partial charge in [0.2, 0.25) is 0 Å². The van der Waals surface area contributed by atoms with Gasteiger partial charge < -0.3 is 14.9 Å². The van der Waals surface area contributed by atoms with Crippen molar-refractivity contribution < 1.29 is 19.3 Å². The van der Waals surface area contributed by atoms with Crippen LogP contribution >= 0.6 is 0 Å². The lowest BCUT2D eigenvalue weighted by atomic mass is 9.93. The molecular formula is C11H21FN2O3. The second-order valence-electron chi connectivity index (χ2n) is 4.94. The van der Waals surface area contributed by atoms with E-state index >= 15 is 0 Å². The van der Waals surface area contributed by atoms with E-state index in [0.717, 1.165) is 0 Å². The Bertz CT molecular complexity index is 257. The van der Waals surface area contributed by atoms with Gasteiger partial charge in [0.1, 0.15) is 18.5 Å². The fraction of sp³-hybridized carbons (Fsp3) is 1.00. The number of aliphatic hydroxyl groups excluding tert-OH is 2. The van der Waals surface area contributed by atoms with Gasteiger partial charge >= 0.3 is 0 Å². The summed E-state index contributed by atoms with van der Waals surface area (Å²) in [6, 6.07) is -0.0383. The molecular weight excluding hydrogens is 227 g/mol. The Hall–Kier alpha value is -0.270. The van der Waals surface area contributed by atoms with Crippen LogP contribution in [0.1, 0.15) is 26.2 Å². The van der Waals surface area contributed by atoms with Crippen LogP contribution in [0.3, 0.4) is 0 Å². The lowest BCUT2D eigenvalue weighted by molar-refractivity contribution is -0.140. The van der Waals surface area contributed by atoms with Gasteiger partial charge in [0.05, 0.1) is 12.2 Å². The van der Waals surface area contributed by atoms with E-state index in [4.69, 9.17) is 4.74 Å². The number of aliphatic hydroxyl groups is 2. The van der Waals surface area contributed by atoms with Gasteiger partial charge in [-0.3, -0.25) is 10.6 Å². The first kappa shape index (κ1) is 13.2. The van der Waals surface area contributed by atoms with Gasteiger partial charge in [-0.2, -0.15) is 0 Å². The highest BCUT2D eigenvalue weighted by Crippen LogP contribution is 2.25. The molecule has 1 saturated heterocycles. The molecule has 5 nitrogen and oxygen atoms in total. The molecule has 0 radical (unpaired) electrons. The molecule has 6 atom stereocenters. The van der Waals surface area contributed by atoms with Crippen LogP contribution in [0.5, 0.6) is 0 Å². The van der Waals surface area contributed by atoms with Gasteiger partial charge in [0, 0.05) is 19.1 Å². The smallest absolute Gasteiger partial charge is 0.137 e. The predicted octanol–water partition coefficient (Wildman–Crippen LogP) is -0.520. The van der Waals surface area contributed by atoms with Gasteiger partial charge in [-0.1, -0.05) is 0 Å². The maximum Gasteiger partial charge on any atom is 0.137 e. The zero-order valence-electron chi connectivity index (χ0n) is 9.97. The predicted molar refractivity (Wildman–Crippen MR) is 60.0 cm³/mol. The van der Waals surface area contributed by atoms with Crippen LogP contribution in [0, 0.1) is 0 Å². The van der Waals surface area contributed by atoms with E-state index in [9.17, 15) is 14.6 Å². The number of rotatable bonds is 2. The summed E-state index contributed by atoms with van der Waals surface area (Å²) in [5.74, 6) is 0. The minimum absolute atomic E-state index is 0.0383. The average molecular weight is 248 g/mol. The zero-order chi connectivity index (χ0) is 12.4. The summed E-state index contributed by atoms with van der Waals surface area (Å²) in [5, 5.41) is 25.4. The van der Waals surface area contributed by atoms with Crippen LogP contribution in [0.15, 0.2) is 0 Å². The van der Waals surface area contributed by atoms with Crippen LogP contribution in [0.4, 0.5) is 4.39 Å². The normalized spacial score (nSPS) is 48.0. The number of halogens is 1. The van der Waals surface area contributed by atoms with Crippen molar-refractivity contribution in [2.24, 2.45) is 0 Å². The molecule has 0 aromatic carbocycles. The van der Waals surface area contributed by atoms with E-state index in [-0.39, 0.29) is 12.1 Å². The number of nitrogens with one attached hydrogen (secondary N) is 2. The summed E-state index contributed by atoms with van der Waals surface area (Å²) in [4.78, 5) is 0. The molecule has 1 heterocycles. The first-order chi connectivity index (χ1) is 8.08. The van der Waals surface area contributed by atoms with Crippen molar-refractivity contribution in [3.63, 3.8) is 0 Å². The summed E-state index contributed by atoms with van der Waals surface area (Å²) < 4.78 is 18.8. The Labute approximate surface area is 100 Å². The Morgan fingerprint density at radius 2 is 2.00 bits per heavy atom. The molecule has 1 saturated carbocycles. The minimum atomic E-state index is -1.14. The van der Waals surface area contributed by atoms with Crippen LogP contribution in [-0.4, -0.2) is 53.6 Å². The minimum Gasteiger partial charge on any atom is -0.390 e. The van der Waals surface area contributed by atoms with Gasteiger partial charge in [-0.05, 0) is 19.8 Å². The molecule has 2 rings (SSSR count). The van der Waals surface area contributed by atoms with Gasteiger partial charge in [-0.15, -0.1) is 0 Å². The third-order valence-corrected chi connectivity index (χ3v) is 3.58. The number of hydrogen-bond acceptors (Lipinski definition) is 5. The number of hydrogen-bond donors (Lipinski definition) is 4. The van der Waals surface area contributed by atoms with E-state index in [0.29, 0.717) is 25.9 Å². The van der Waals surface area contributed by atoms with Gasteiger partial charge in [-0.25, -0.2) is 4.39 Å². The van der Waals surface area contributed by atoms with Crippen molar-refractivity contribution >= 4 is 0 Å². The molecule has 0 amide bonds. The Morgan fingerprint density at radius 3 is 2.71 bits per heavy atom. The highest BCUT2D eigenvalue weighted by Gasteiger charge is 2.35. The Kier molecular flexibility index (Phi) is 4.32. The largest absolute Gasteiger partial charge is 0.390 e. The molecule has 0 spiro atoms. The zero-order valence-corrected chi connectivity index (χ0v) is 9.97. The molecule has 6 heteroatoms. The van der Waals surface area contributed by atoms with Crippen LogP contribution in [-0.2, 0) is 4.74 Å². The van der Waals surface area contributed by atoms with Crippen LogP contribution in [0.2, 0.25) is 0 Å². The SMILES string of the molecule is CC1NCNC(OC2CCC(F)C(O)C2)C1O. The third kappa shape index (κ3) is 3.14. The number of ether oxygens (including phenoxy) is 1. The highest BCUT2D eigenvalue weighted by molar-refractivity contribution is 4.85. The molecule has 4 N–H and O–H groups in total. The Morgan fingerprint density at radius 1 is 1.24 bits per heavy atom. The van der Waals surface area contributed by atoms with Crippen molar-refractivity contribution in [3.8, 4) is 0 Å². The fourth-order valence-electron chi connectivity index (χ4n) is 2.36. The first-order valence-corrected chi connectivity index (χ1v) is 6.20. The lowest BCUT2D eigenvalue weighted by Gasteiger charge is -2.38. The molecule has 0 aromatic heterocycles. The quantitative estimate of drug-likeness (QED) is 0.529. The highest BCUT2D eigenvalue weighted by atomic mass is 19.1. The lowest BCUT2D eigenvalue weighted by Crippen LogP contribution is -2.61. The summed E-state index contributed by atoms with van der Waals surface area (Å²) in [7, 11) is 0. The van der Waals surface area contributed by atoms with Gasteiger partial charge in [0.15, 0.2) is 0 Å². The fourth-order valence-corrected chi connectivity index (χ4v) is 2.36. The molecule has 2 aliphatic rings. The molecule has 17 heavy (non-hydrogen) atoms. The van der Waals surface area contributed by atoms with E-state index in [1.54, 1.807) is 0 Å². The first-order valence-electron chi connectivity index (χ1n) is 6.20. The van der Waals surface area contributed by atoms with Crippen molar-refractivity contribution in [2.75, 3.05) is 6.67 Å². The summed E-state index contributed by atoms with van der Waals surface area (Å²) >= 11 is 0. The molecule has 0 aromatic rings. The van der Waals surface area contributed by atoms with Crippen molar-refractivity contribution in [2.45, 2.75) is 62.9 Å². The van der Waals surface area contributed by atoms with Crippen molar-refractivity contribution in [1.29, 1.82) is 0 Å². The van der Waals surface area contributed by atoms with Gasteiger partial charge in [0.25, 0.3) is 0 Å². The summed E-state index contributed by atoms with van der Waals surface area (Å²) in [6.07, 6.45) is -2.14. The van der Waals surface area contributed by atoms with Crippen LogP contribution in [0.25, 0.3) is 0 Å². The standard InChI is InChI=1S/C11H21FN2O3/c1-6-10(16)11(14-5-13-6)17-7-2-3-8(12)9(15)4-7/h6-11,13-16H,2-5H2,1H3. The molecule has 100 valence electrons. The monoisotopic (exact) mass is 248 g/mol. The van der Waals surface area contributed by atoms with E-state index in [1.807, 2.05) is 6.92 Å². The number of alkyl halides is 1. The van der Waals surface area contributed by atoms with Crippen molar-refractivity contribution in [1.82, 2.24) is 10.6 Å². The summed E-state index contributed by atoms with van der Waals surface area (Å²) in [6.45, 7) is 2.46. The third-order valence-electron chi connectivity index (χ3n) is 3.58. The van der Waals surface area contributed by atoms with E-state index in [1.165, 1.54) is 0 Å². The van der Waals surface area contributed by atoms with E-state index in [2.05, 4.69) is 10.6 Å². The Balaban J connectivity index is 1.84. The molecule has 6 unspecified atom stereocenters. The van der Waals surface area contributed by atoms with Crippen LogP contribution < -0.4 is 10.6 Å². The maximum atomic E-state index is 13.1. The molecule has 0 bridgehead atoms. The second-order valence-corrected chi connectivity index (χ2v) is 4.94.